The lowest BCUT2D eigenvalue weighted by molar-refractivity contribution is -0.167. The van der Waals surface area contributed by atoms with Crippen LogP contribution in [0.2, 0.25) is 0 Å². The summed E-state index contributed by atoms with van der Waals surface area (Å²) in [5.74, 6) is -0.101. The van der Waals surface area contributed by atoms with Gasteiger partial charge in [0.1, 0.15) is 13.2 Å². The van der Waals surface area contributed by atoms with Crippen molar-refractivity contribution in [2.45, 2.75) is 239 Å². The first kappa shape index (κ1) is 47.4. The van der Waals surface area contributed by atoms with Crippen molar-refractivity contribution in [3.05, 3.63) is 0 Å². The van der Waals surface area contributed by atoms with Gasteiger partial charge in [0.2, 0.25) is 0 Å². The van der Waals surface area contributed by atoms with Crippen LogP contribution in [0.3, 0.4) is 0 Å². The molecule has 0 amide bonds. The lowest BCUT2D eigenvalue weighted by Gasteiger charge is -2.18. The lowest BCUT2D eigenvalue weighted by Crippen LogP contribution is -2.30. The first-order valence-electron chi connectivity index (χ1n) is 21.4. The molecule has 0 rings (SSSR count). The number of unbranched alkanes of at least 4 members (excludes halogenated alkanes) is 25. The van der Waals surface area contributed by atoms with Gasteiger partial charge in [0.15, 0.2) is 6.10 Å². The molecule has 0 spiro atoms. The third-order valence-corrected chi connectivity index (χ3v) is 9.54. The Labute approximate surface area is 304 Å². The second kappa shape index (κ2) is 37.7. The Bertz CT molecular complexity index is 736. The number of ether oxygens (including phenoxy) is 3. The molecule has 6 heteroatoms. The summed E-state index contributed by atoms with van der Waals surface area (Å²) in [6.07, 6.45) is 35.2. The minimum Gasteiger partial charge on any atom is -0.462 e. The summed E-state index contributed by atoms with van der Waals surface area (Å²) in [5.41, 5.74) is 0. The number of hydrogen-bond donors (Lipinski definition) is 0. The minimum atomic E-state index is -0.758. The maximum absolute atomic E-state index is 12.6. The molecule has 0 aliphatic rings. The van der Waals surface area contributed by atoms with E-state index < -0.39 is 6.10 Å². The average molecular weight is 695 g/mol. The highest BCUT2D eigenvalue weighted by atomic mass is 16.6. The SMILES string of the molecule is CCCCCCCCCCCCCCC(=O)O[C@@H](COC(=O)CCCCCCCCCCCC)COC(=O)CCCCCCCCC(C)C. The van der Waals surface area contributed by atoms with Crippen molar-refractivity contribution in [3.8, 4) is 0 Å². The molecule has 0 aliphatic carbocycles. The van der Waals surface area contributed by atoms with E-state index in [1.807, 2.05) is 0 Å². The zero-order valence-corrected chi connectivity index (χ0v) is 33.1. The number of hydrogen-bond acceptors (Lipinski definition) is 6. The van der Waals surface area contributed by atoms with Gasteiger partial charge in [0.05, 0.1) is 0 Å². The first-order chi connectivity index (χ1) is 23.9. The molecule has 0 bridgehead atoms. The quantitative estimate of drug-likeness (QED) is 0.0364. The van der Waals surface area contributed by atoms with Crippen molar-refractivity contribution in [1.29, 1.82) is 0 Å². The van der Waals surface area contributed by atoms with Gasteiger partial charge in [-0.1, -0.05) is 195 Å². The van der Waals surface area contributed by atoms with Crippen LogP contribution in [-0.4, -0.2) is 37.2 Å². The van der Waals surface area contributed by atoms with Crippen LogP contribution in [0.4, 0.5) is 0 Å². The van der Waals surface area contributed by atoms with E-state index in [2.05, 4.69) is 27.7 Å². The second-order valence-electron chi connectivity index (χ2n) is 15.1. The fourth-order valence-corrected chi connectivity index (χ4v) is 6.27. The Hall–Kier alpha value is -1.59. The Kier molecular flexibility index (Phi) is 36.4. The highest BCUT2D eigenvalue weighted by Gasteiger charge is 2.19. The van der Waals surface area contributed by atoms with E-state index in [0.717, 1.165) is 63.7 Å². The number of carbonyl (C=O) groups excluding carboxylic acids is 3. The van der Waals surface area contributed by atoms with E-state index >= 15 is 0 Å². The van der Waals surface area contributed by atoms with Crippen molar-refractivity contribution in [3.63, 3.8) is 0 Å². The molecule has 1 atom stereocenters. The van der Waals surface area contributed by atoms with E-state index in [1.54, 1.807) is 0 Å². The molecule has 0 aromatic rings. The van der Waals surface area contributed by atoms with E-state index in [-0.39, 0.29) is 31.1 Å². The molecule has 0 aromatic carbocycles. The number of esters is 3. The summed E-state index contributed by atoms with van der Waals surface area (Å²) in [6, 6.07) is 0. The Morgan fingerprint density at radius 2 is 0.673 bits per heavy atom. The van der Waals surface area contributed by atoms with Crippen LogP contribution in [0.25, 0.3) is 0 Å². The topological polar surface area (TPSA) is 78.9 Å². The molecule has 0 saturated heterocycles. The van der Waals surface area contributed by atoms with E-state index in [1.165, 1.54) is 128 Å². The molecule has 49 heavy (non-hydrogen) atoms. The van der Waals surface area contributed by atoms with Crippen LogP contribution in [0.15, 0.2) is 0 Å². The van der Waals surface area contributed by atoms with Crippen molar-refractivity contribution in [2.75, 3.05) is 13.2 Å². The molecule has 0 aromatic heterocycles. The Morgan fingerprint density at radius 1 is 0.388 bits per heavy atom. The molecule has 0 unspecified atom stereocenters. The Balaban J connectivity index is 4.34. The average Bonchev–Trinajstić information content (AvgIpc) is 3.08. The third-order valence-electron chi connectivity index (χ3n) is 9.54. The predicted octanol–water partition coefficient (Wildman–Crippen LogP) is 13.2. The summed E-state index contributed by atoms with van der Waals surface area (Å²) < 4.78 is 16.6. The zero-order valence-electron chi connectivity index (χ0n) is 33.1. The maximum atomic E-state index is 12.6. The molecule has 0 heterocycles. The molecular formula is C43H82O6. The van der Waals surface area contributed by atoms with Gasteiger partial charge in [0.25, 0.3) is 0 Å². The minimum absolute atomic E-state index is 0.0650. The van der Waals surface area contributed by atoms with Gasteiger partial charge in [-0.25, -0.2) is 0 Å². The first-order valence-corrected chi connectivity index (χ1v) is 21.4. The summed E-state index contributed by atoms with van der Waals surface area (Å²) in [7, 11) is 0. The predicted molar refractivity (Wildman–Crippen MR) is 206 cm³/mol. The van der Waals surface area contributed by atoms with Gasteiger partial charge in [-0.05, 0) is 25.2 Å². The maximum Gasteiger partial charge on any atom is 0.306 e. The van der Waals surface area contributed by atoms with Crippen LogP contribution < -0.4 is 0 Å². The highest BCUT2D eigenvalue weighted by Crippen LogP contribution is 2.15. The smallest absolute Gasteiger partial charge is 0.306 e. The number of carbonyl (C=O) groups is 3. The fourth-order valence-electron chi connectivity index (χ4n) is 6.27. The lowest BCUT2D eigenvalue weighted by atomic mass is 10.0. The molecule has 0 aliphatic heterocycles. The van der Waals surface area contributed by atoms with E-state index in [9.17, 15) is 14.4 Å². The molecule has 6 nitrogen and oxygen atoms in total. The highest BCUT2D eigenvalue weighted by molar-refractivity contribution is 5.71. The van der Waals surface area contributed by atoms with Crippen LogP contribution >= 0.6 is 0 Å². The van der Waals surface area contributed by atoms with Crippen LogP contribution in [-0.2, 0) is 28.6 Å². The summed E-state index contributed by atoms with van der Waals surface area (Å²) >= 11 is 0. The largest absolute Gasteiger partial charge is 0.462 e. The molecule has 0 radical (unpaired) electrons. The van der Waals surface area contributed by atoms with E-state index in [0.29, 0.717) is 19.3 Å². The van der Waals surface area contributed by atoms with Crippen molar-refractivity contribution >= 4 is 17.9 Å². The number of rotatable bonds is 38. The van der Waals surface area contributed by atoms with Crippen LogP contribution in [0.5, 0.6) is 0 Å². The molecule has 0 N–H and O–H groups in total. The zero-order chi connectivity index (χ0) is 36.0. The Morgan fingerprint density at radius 3 is 1.00 bits per heavy atom. The van der Waals surface area contributed by atoms with Gasteiger partial charge in [-0.15, -0.1) is 0 Å². The molecular weight excluding hydrogens is 612 g/mol. The second-order valence-corrected chi connectivity index (χ2v) is 15.1. The molecule has 0 fully saturated rings. The van der Waals surface area contributed by atoms with Crippen LogP contribution in [0, 0.1) is 5.92 Å². The third kappa shape index (κ3) is 37.5. The summed E-state index contributed by atoms with van der Waals surface area (Å²) in [4.78, 5) is 37.5. The van der Waals surface area contributed by atoms with E-state index in [4.69, 9.17) is 14.2 Å². The van der Waals surface area contributed by atoms with Gasteiger partial charge < -0.3 is 14.2 Å². The van der Waals surface area contributed by atoms with Gasteiger partial charge in [-0.3, -0.25) is 14.4 Å². The summed E-state index contributed by atoms with van der Waals surface area (Å²) in [5, 5.41) is 0. The molecule has 0 saturated carbocycles. The molecule has 290 valence electrons. The van der Waals surface area contributed by atoms with Crippen LogP contribution in [0.1, 0.15) is 233 Å². The van der Waals surface area contributed by atoms with Gasteiger partial charge in [-0.2, -0.15) is 0 Å². The van der Waals surface area contributed by atoms with Gasteiger partial charge >= 0.3 is 17.9 Å². The normalized spacial score (nSPS) is 11.9. The summed E-state index contributed by atoms with van der Waals surface area (Å²) in [6.45, 7) is 8.90. The van der Waals surface area contributed by atoms with Gasteiger partial charge in [0, 0.05) is 19.3 Å². The van der Waals surface area contributed by atoms with Crippen molar-refractivity contribution in [2.24, 2.45) is 5.92 Å². The van der Waals surface area contributed by atoms with Crippen molar-refractivity contribution < 1.29 is 28.6 Å². The standard InChI is InChI=1S/C43H82O6/c1-5-7-9-11-13-15-17-18-20-22-28-32-36-43(46)49-40(38-48-42(45)35-31-27-24-23-25-29-33-39(3)4)37-47-41(44)34-30-26-21-19-16-14-12-10-8-6-2/h39-40H,5-38H2,1-4H3/t40-/m0/s1. The fraction of sp³-hybridized carbons (Fsp3) is 0.930. The van der Waals surface area contributed by atoms with Crippen molar-refractivity contribution in [1.82, 2.24) is 0 Å². The monoisotopic (exact) mass is 695 g/mol.